The van der Waals surface area contributed by atoms with E-state index in [-0.39, 0.29) is 0 Å². The Morgan fingerprint density at radius 1 is 1.42 bits per heavy atom. The zero-order valence-corrected chi connectivity index (χ0v) is 13.0. The SMILES string of the molecule is Cc1cc(N2CCCC(C)C2C)c(C(N)=S)c(C)n1. The van der Waals surface area contributed by atoms with Crippen molar-refractivity contribution in [2.24, 2.45) is 11.7 Å². The van der Waals surface area contributed by atoms with Gasteiger partial charge in [-0.3, -0.25) is 4.98 Å². The molecular formula is C15H23N3S. The van der Waals surface area contributed by atoms with Crippen LogP contribution in [0.15, 0.2) is 6.07 Å². The van der Waals surface area contributed by atoms with Crippen molar-refractivity contribution in [1.82, 2.24) is 4.98 Å². The Kier molecular flexibility index (Phi) is 4.09. The van der Waals surface area contributed by atoms with Gasteiger partial charge < -0.3 is 10.6 Å². The van der Waals surface area contributed by atoms with Crippen LogP contribution in [0.3, 0.4) is 0 Å². The topological polar surface area (TPSA) is 42.1 Å². The highest BCUT2D eigenvalue weighted by molar-refractivity contribution is 7.80. The standard InChI is InChI=1S/C15H23N3S/c1-9-6-5-7-18(12(9)4)13-8-10(2)17-11(3)14(13)15(16)19/h8-9,12H,5-7H2,1-4H3,(H2,16,19). The van der Waals surface area contributed by atoms with Gasteiger partial charge in [0.2, 0.25) is 0 Å². The smallest absolute Gasteiger partial charge is 0.107 e. The summed E-state index contributed by atoms with van der Waals surface area (Å²) in [6.07, 6.45) is 2.52. The Bertz CT molecular complexity index is 498. The molecule has 19 heavy (non-hydrogen) atoms. The summed E-state index contributed by atoms with van der Waals surface area (Å²) in [6.45, 7) is 9.70. The molecule has 104 valence electrons. The van der Waals surface area contributed by atoms with Crippen LogP contribution < -0.4 is 10.6 Å². The van der Waals surface area contributed by atoms with Crippen LogP contribution in [-0.2, 0) is 0 Å². The first-order valence-electron chi connectivity index (χ1n) is 6.96. The van der Waals surface area contributed by atoms with Crippen LogP contribution in [-0.4, -0.2) is 22.6 Å². The quantitative estimate of drug-likeness (QED) is 0.844. The van der Waals surface area contributed by atoms with Gasteiger partial charge in [-0.1, -0.05) is 19.1 Å². The van der Waals surface area contributed by atoms with E-state index in [1.807, 2.05) is 13.8 Å². The summed E-state index contributed by atoms with van der Waals surface area (Å²) in [5, 5.41) is 0. The van der Waals surface area contributed by atoms with Crippen LogP contribution in [0.25, 0.3) is 0 Å². The molecule has 2 atom stereocenters. The third kappa shape index (κ3) is 2.73. The molecule has 0 aromatic carbocycles. The Morgan fingerprint density at radius 3 is 2.74 bits per heavy atom. The Labute approximate surface area is 121 Å². The zero-order valence-electron chi connectivity index (χ0n) is 12.2. The third-order valence-electron chi connectivity index (χ3n) is 4.24. The Morgan fingerprint density at radius 2 is 2.11 bits per heavy atom. The maximum Gasteiger partial charge on any atom is 0.107 e. The number of hydrogen-bond donors (Lipinski definition) is 1. The molecule has 1 aliphatic heterocycles. The first-order chi connectivity index (χ1) is 8.91. The second kappa shape index (κ2) is 5.45. The molecule has 0 radical (unpaired) electrons. The summed E-state index contributed by atoms with van der Waals surface area (Å²) in [6, 6.07) is 2.64. The molecule has 1 aliphatic rings. The molecule has 2 unspecified atom stereocenters. The number of pyridine rings is 1. The van der Waals surface area contributed by atoms with Crippen molar-refractivity contribution in [3.63, 3.8) is 0 Å². The van der Waals surface area contributed by atoms with Crippen molar-refractivity contribution >= 4 is 22.9 Å². The van der Waals surface area contributed by atoms with E-state index in [1.165, 1.54) is 12.8 Å². The molecule has 2 rings (SSSR count). The van der Waals surface area contributed by atoms with Crippen molar-refractivity contribution in [3.8, 4) is 0 Å². The minimum atomic E-state index is 0.449. The van der Waals surface area contributed by atoms with E-state index >= 15 is 0 Å². The lowest BCUT2D eigenvalue weighted by molar-refractivity contribution is 0.363. The van der Waals surface area contributed by atoms with Crippen molar-refractivity contribution in [2.45, 2.75) is 46.6 Å². The molecule has 4 heteroatoms. The van der Waals surface area contributed by atoms with Crippen LogP contribution in [0.2, 0.25) is 0 Å². The molecule has 0 amide bonds. The number of nitrogens with zero attached hydrogens (tertiary/aromatic N) is 2. The average molecular weight is 277 g/mol. The lowest BCUT2D eigenvalue weighted by Crippen LogP contribution is -2.43. The van der Waals surface area contributed by atoms with Crippen LogP contribution in [0.1, 0.15) is 43.6 Å². The highest BCUT2D eigenvalue weighted by Crippen LogP contribution is 2.32. The fourth-order valence-corrected chi connectivity index (χ4v) is 3.27. The van der Waals surface area contributed by atoms with Crippen molar-refractivity contribution in [1.29, 1.82) is 0 Å². The number of thiocarbonyl (C=S) groups is 1. The second-order valence-electron chi connectivity index (χ2n) is 5.66. The van der Waals surface area contributed by atoms with Crippen molar-refractivity contribution in [3.05, 3.63) is 23.0 Å². The Balaban J connectivity index is 2.51. The van der Waals surface area contributed by atoms with Crippen LogP contribution >= 0.6 is 12.2 Å². The molecule has 1 aromatic rings. The largest absolute Gasteiger partial charge is 0.389 e. The van der Waals surface area contributed by atoms with Gasteiger partial charge in [-0.15, -0.1) is 0 Å². The molecule has 0 saturated carbocycles. The van der Waals surface area contributed by atoms with Gasteiger partial charge in [0.25, 0.3) is 0 Å². The van der Waals surface area contributed by atoms with Gasteiger partial charge in [0.05, 0.1) is 11.3 Å². The summed E-state index contributed by atoms with van der Waals surface area (Å²) in [5.41, 5.74) is 9.99. The van der Waals surface area contributed by atoms with Gasteiger partial charge in [0, 0.05) is 24.0 Å². The molecule has 1 saturated heterocycles. The molecule has 1 aromatic heterocycles. The van der Waals surface area contributed by atoms with Gasteiger partial charge in [-0.05, 0) is 45.6 Å². The zero-order chi connectivity index (χ0) is 14.2. The van der Waals surface area contributed by atoms with Gasteiger partial charge >= 0.3 is 0 Å². The molecule has 0 bridgehead atoms. The highest BCUT2D eigenvalue weighted by atomic mass is 32.1. The predicted molar refractivity (Wildman–Crippen MR) is 84.8 cm³/mol. The highest BCUT2D eigenvalue weighted by Gasteiger charge is 2.27. The maximum absolute atomic E-state index is 5.92. The molecule has 1 fully saturated rings. The van der Waals surface area contributed by atoms with E-state index in [9.17, 15) is 0 Å². The van der Waals surface area contributed by atoms with Crippen LogP contribution in [0, 0.1) is 19.8 Å². The maximum atomic E-state index is 5.92. The van der Waals surface area contributed by atoms with E-state index in [2.05, 4.69) is 29.8 Å². The molecule has 3 nitrogen and oxygen atoms in total. The van der Waals surface area contributed by atoms with Gasteiger partial charge in [-0.2, -0.15) is 0 Å². The van der Waals surface area contributed by atoms with E-state index in [4.69, 9.17) is 18.0 Å². The Hall–Kier alpha value is -1.16. The normalized spacial score (nSPS) is 23.5. The van der Waals surface area contributed by atoms with E-state index in [0.717, 1.165) is 29.2 Å². The van der Waals surface area contributed by atoms with E-state index < -0.39 is 0 Å². The minimum Gasteiger partial charge on any atom is -0.389 e. The van der Waals surface area contributed by atoms with Gasteiger partial charge in [-0.25, -0.2) is 0 Å². The number of aryl methyl sites for hydroxylation is 2. The molecule has 0 spiro atoms. The number of rotatable bonds is 2. The molecular weight excluding hydrogens is 254 g/mol. The second-order valence-corrected chi connectivity index (χ2v) is 6.10. The van der Waals surface area contributed by atoms with Gasteiger partial charge in [0.15, 0.2) is 0 Å². The fourth-order valence-electron chi connectivity index (χ4n) is 3.01. The van der Waals surface area contributed by atoms with Crippen LogP contribution in [0.4, 0.5) is 5.69 Å². The van der Waals surface area contributed by atoms with Gasteiger partial charge in [0.1, 0.15) is 4.99 Å². The number of nitrogens with two attached hydrogens (primary N) is 1. The molecule has 2 heterocycles. The first-order valence-corrected chi connectivity index (χ1v) is 7.37. The molecule has 0 aliphatic carbocycles. The summed E-state index contributed by atoms with van der Waals surface area (Å²) in [7, 11) is 0. The first kappa shape index (κ1) is 14.3. The lowest BCUT2D eigenvalue weighted by atomic mass is 9.91. The summed E-state index contributed by atoms with van der Waals surface area (Å²) >= 11 is 5.23. The molecule has 2 N–H and O–H groups in total. The van der Waals surface area contributed by atoms with Crippen LogP contribution in [0.5, 0.6) is 0 Å². The lowest BCUT2D eigenvalue weighted by Gasteiger charge is -2.40. The van der Waals surface area contributed by atoms with E-state index in [0.29, 0.717) is 16.9 Å². The summed E-state index contributed by atoms with van der Waals surface area (Å²) < 4.78 is 0. The predicted octanol–water partition coefficient (Wildman–Crippen LogP) is 2.96. The average Bonchev–Trinajstić information content (AvgIpc) is 2.31. The fraction of sp³-hybridized carbons (Fsp3) is 0.600. The summed E-state index contributed by atoms with van der Waals surface area (Å²) in [4.78, 5) is 7.40. The summed E-state index contributed by atoms with van der Waals surface area (Å²) in [5.74, 6) is 0.696. The monoisotopic (exact) mass is 277 g/mol. The number of hydrogen-bond acceptors (Lipinski definition) is 3. The van der Waals surface area contributed by atoms with Crippen molar-refractivity contribution in [2.75, 3.05) is 11.4 Å². The number of aromatic nitrogens is 1. The third-order valence-corrected chi connectivity index (χ3v) is 4.44. The minimum absolute atomic E-state index is 0.449. The van der Waals surface area contributed by atoms with Crippen molar-refractivity contribution < 1.29 is 0 Å². The van der Waals surface area contributed by atoms with E-state index in [1.54, 1.807) is 0 Å². The number of anilines is 1. The number of piperidine rings is 1.